The van der Waals surface area contributed by atoms with Crippen molar-refractivity contribution in [3.63, 3.8) is 0 Å². The highest BCUT2D eigenvalue weighted by Gasteiger charge is 2.19. The van der Waals surface area contributed by atoms with Gasteiger partial charge in [-0.25, -0.2) is 0 Å². The topological polar surface area (TPSA) is 29.4 Å². The number of nitrogens with zero attached hydrogens (tertiary/aromatic N) is 1. The molecule has 2 aromatic rings. The van der Waals surface area contributed by atoms with Gasteiger partial charge in [0.25, 0.3) is 0 Å². The van der Waals surface area contributed by atoms with E-state index in [1.807, 2.05) is 66.9 Å². The molecule has 3 heteroatoms. The Kier molecular flexibility index (Phi) is 3.38. The lowest BCUT2D eigenvalue weighted by molar-refractivity contribution is 0.689. The Hall–Kier alpha value is -2.00. The van der Waals surface area contributed by atoms with Crippen molar-refractivity contribution in [2.24, 2.45) is 4.99 Å². The zero-order valence-electron chi connectivity index (χ0n) is 10.3. The summed E-state index contributed by atoms with van der Waals surface area (Å²) in [4.78, 5) is 5.09. The van der Waals surface area contributed by atoms with E-state index in [4.69, 9.17) is 0 Å². The summed E-state index contributed by atoms with van der Waals surface area (Å²) in [5.41, 5.74) is 3.01. The smallest absolute Gasteiger partial charge is 0.119 e. The zero-order valence-corrected chi connectivity index (χ0v) is 11.1. The SMILES string of the molecule is O=S1CN=CC(c2ccccc2)=C1c1ccccc1. The van der Waals surface area contributed by atoms with Gasteiger partial charge in [-0.2, -0.15) is 0 Å². The second kappa shape index (κ2) is 5.33. The van der Waals surface area contributed by atoms with Crippen LogP contribution in [0, 0.1) is 0 Å². The summed E-state index contributed by atoms with van der Waals surface area (Å²) in [5.74, 6) is 0.348. The van der Waals surface area contributed by atoms with Crippen molar-refractivity contribution in [3.8, 4) is 0 Å². The van der Waals surface area contributed by atoms with E-state index >= 15 is 0 Å². The number of hydrogen-bond acceptors (Lipinski definition) is 2. The van der Waals surface area contributed by atoms with Crippen LogP contribution in [0.25, 0.3) is 10.5 Å². The van der Waals surface area contributed by atoms with E-state index in [0.717, 1.165) is 21.6 Å². The van der Waals surface area contributed by atoms with Crippen LogP contribution in [-0.2, 0) is 10.8 Å². The number of aliphatic imine (C=N–C) groups is 1. The van der Waals surface area contributed by atoms with Gasteiger partial charge in [-0.1, -0.05) is 60.7 Å². The van der Waals surface area contributed by atoms with Gasteiger partial charge in [0.2, 0.25) is 0 Å². The molecule has 0 spiro atoms. The lowest BCUT2D eigenvalue weighted by atomic mass is 10.0. The summed E-state index contributed by atoms with van der Waals surface area (Å²) in [6.45, 7) is 0. The second-order valence-corrected chi connectivity index (χ2v) is 5.62. The van der Waals surface area contributed by atoms with Gasteiger partial charge >= 0.3 is 0 Å². The van der Waals surface area contributed by atoms with Crippen LogP contribution < -0.4 is 0 Å². The fourth-order valence-electron chi connectivity index (χ4n) is 2.14. The Bertz CT molecular complexity index is 660. The zero-order chi connectivity index (χ0) is 13.1. The summed E-state index contributed by atoms with van der Waals surface area (Å²) < 4.78 is 12.3. The number of allylic oxidation sites excluding steroid dienone is 1. The van der Waals surface area contributed by atoms with Crippen molar-refractivity contribution < 1.29 is 4.21 Å². The van der Waals surface area contributed by atoms with Crippen LogP contribution in [0.1, 0.15) is 11.1 Å². The van der Waals surface area contributed by atoms with Crippen LogP contribution in [0.2, 0.25) is 0 Å². The molecule has 0 saturated heterocycles. The molecule has 0 radical (unpaired) electrons. The molecule has 94 valence electrons. The van der Waals surface area contributed by atoms with Crippen molar-refractivity contribution in [1.82, 2.24) is 0 Å². The normalized spacial score (nSPS) is 18.6. The van der Waals surface area contributed by atoms with E-state index in [9.17, 15) is 4.21 Å². The molecule has 1 heterocycles. The molecule has 0 bridgehead atoms. The van der Waals surface area contributed by atoms with Crippen LogP contribution in [-0.4, -0.2) is 16.3 Å². The minimum absolute atomic E-state index is 0.348. The molecule has 0 fully saturated rings. The second-order valence-electron chi connectivity index (χ2n) is 4.26. The maximum atomic E-state index is 12.3. The molecule has 19 heavy (non-hydrogen) atoms. The van der Waals surface area contributed by atoms with Crippen molar-refractivity contribution in [3.05, 3.63) is 71.8 Å². The van der Waals surface area contributed by atoms with E-state index in [1.54, 1.807) is 0 Å². The van der Waals surface area contributed by atoms with Gasteiger partial charge in [-0.15, -0.1) is 0 Å². The number of benzene rings is 2. The molecule has 3 rings (SSSR count). The first-order chi connectivity index (χ1) is 9.36. The Morgan fingerprint density at radius 3 is 2.05 bits per heavy atom. The highest BCUT2D eigenvalue weighted by Crippen LogP contribution is 2.30. The maximum Gasteiger partial charge on any atom is 0.119 e. The third-order valence-electron chi connectivity index (χ3n) is 3.01. The molecule has 1 aliphatic heterocycles. The molecule has 0 aromatic heterocycles. The molecule has 0 saturated carbocycles. The van der Waals surface area contributed by atoms with E-state index in [-0.39, 0.29) is 0 Å². The largest absolute Gasteiger partial charge is 0.279 e. The van der Waals surface area contributed by atoms with Gasteiger partial charge in [-0.05, 0) is 11.1 Å². The van der Waals surface area contributed by atoms with Gasteiger partial charge in [0.1, 0.15) is 5.88 Å². The van der Waals surface area contributed by atoms with Crippen molar-refractivity contribution in [1.29, 1.82) is 0 Å². The minimum Gasteiger partial charge on any atom is -0.279 e. The lowest BCUT2D eigenvalue weighted by Crippen LogP contribution is -2.08. The summed E-state index contributed by atoms with van der Waals surface area (Å²) in [7, 11) is -1.08. The number of rotatable bonds is 2. The Morgan fingerprint density at radius 1 is 0.842 bits per heavy atom. The van der Waals surface area contributed by atoms with Gasteiger partial charge in [0.15, 0.2) is 0 Å². The van der Waals surface area contributed by atoms with Crippen molar-refractivity contribution >= 4 is 27.5 Å². The first-order valence-electron chi connectivity index (χ1n) is 6.09. The molecular formula is C16H13NOS. The Labute approximate surface area is 115 Å². The van der Waals surface area contributed by atoms with E-state index in [0.29, 0.717) is 5.88 Å². The summed E-state index contributed by atoms with van der Waals surface area (Å²) in [6, 6.07) is 19.9. The predicted molar refractivity (Wildman–Crippen MR) is 81.2 cm³/mol. The third-order valence-corrected chi connectivity index (χ3v) is 4.30. The first kappa shape index (κ1) is 12.1. The molecule has 0 N–H and O–H groups in total. The number of hydrogen-bond donors (Lipinski definition) is 0. The van der Waals surface area contributed by atoms with Crippen LogP contribution >= 0.6 is 0 Å². The molecule has 2 nitrogen and oxygen atoms in total. The molecule has 1 atom stereocenters. The lowest BCUT2D eigenvalue weighted by Gasteiger charge is -2.15. The first-order valence-corrected chi connectivity index (χ1v) is 7.41. The predicted octanol–water partition coefficient (Wildman–Crippen LogP) is 3.35. The molecule has 1 aliphatic rings. The van der Waals surface area contributed by atoms with Crippen LogP contribution in [0.3, 0.4) is 0 Å². The van der Waals surface area contributed by atoms with Crippen molar-refractivity contribution in [2.45, 2.75) is 0 Å². The highest BCUT2D eigenvalue weighted by atomic mass is 32.2. The van der Waals surface area contributed by atoms with Gasteiger partial charge < -0.3 is 0 Å². The standard InChI is InChI=1S/C16H13NOS/c18-19-12-17-11-15(13-7-3-1-4-8-13)16(19)14-9-5-2-6-10-14/h1-11H,12H2. The van der Waals surface area contributed by atoms with Crippen LogP contribution in [0.5, 0.6) is 0 Å². The van der Waals surface area contributed by atoms with E-state index in [1.165, 1.54) is 0 Å². The summed E-state index contributed by atoms with van der Waals surface area (Å²) in [5, 5.41) is 0. The van der Waals surface area contributed by atoms with Crippen LogP contribution in [0.15, 0.2) is 65.7 Å². The molecular weight excluding hydrogens is 254 g/mol. The van der Waals surface area contributed by atoms with Gasteiger partial charge in [0, 0.05) is 11.8 Å². The van der Waals surface area contributed by atoms with E-state index in [2.05, 4.69) is 4.99 Å². The Morgan fingerprint density at radius 2 is 1.42 bits per heavy atom. The summed E-state index contributed by atoms with van der Waals surface area (Å²) >= 11 is 0. The molecule has 1 unspecified atom stereocenters. The molecule has 0 amide bonds. The quantitative estimate of drug-likeness (QED) is 0.820. The molecule has 2 aromatic carbocycles. The van der Waals surface area contributed by atoms with Gasteiger partial charge in [-0.3, -0.25) is 9.20 Å². The fourth-order valence-corrected chi connectivity index (χ4v) is 3.30. The fraction of sp³-hybridized carbons (Fsp3) is 0.0625. The van der Waals surface area contributed by atoms with Crippen molar-refractivity contribution in [2.75, 3.05) is 5.88 Å². The average molecular weight is 267 g/mol. The minimum atomic E-state index is -1.08. The van der Waals surface area contributed by atoms with Crippen LogP contribution in [0.4, 0.5) is 0 Å². The molecule has 0 aliphatic carbocycles. The summed E-state index contributed by atoms with van der Waals surface area (Å²) in [6.07, 6.45) is 1.83. The highest BCUT2D eigenvalue weighted by molar-refractivity contribution is 7.95. The maximum absolute atomic E-state index is 12.3. The third kappa shape index (κ3) is 2.42. The Balaban J connectivity index is 2.21. The average Bonchev–Trinajstić information content (AvgIpc) is 2.49. The van der Waals surface area contributed by atoms with E-state index < -0.39 is 10.8 Å². The monoisotopic (exact) mass is 267 g/mol. The van der Waals surface area contributed by atoms with Gasteiger partial charge in [0.05, 0.1) is 15.7 Å².